The van der Waals surface area contributed by atoms with Crippen LogP contribution in [0.5, 0.6) is 0 Å². The first-order valence-corrected chi connectivity index (χ1v) is 8.74. The number of rotatable bonds is 3. The first kappa shape index (κ1) is 16.1. The lowest BCUT2D eigenvalue weighted by atomic mass is 10.1. The Bertz CT molecular complexity index is 1200. The number of thiazole rings is 1. The van der Waals surface area contributed by atoms with Crippen LogP contribution in [0.4, 0.5) is 0 Å². The van der Waals surface area contributed by atoms with Gasteiger partial charge in [-0.3, -0.25) is 9.20 Å². The second kappa shape index (κ2) is 6.50. The van der Waals surface area contributed by atoms with Crippen LogP contribution in [0.25, 0.3) is 16.2 Å². The molecule has 7 heteroatoms. The van der Waals surface area contributed by atoms with E-state index in [1.807, 2.05) is 25.1 Å². The lowest BCUT2D eigenvalue weighted by Gasteiger charge is -2.04. The third-order valence-electron chi connectivity index (χ3n) is 4.02. The van der Waals surface area contributed by atoms with Crippen molar-refractivity contribution >= 4 is 16.3 Å². The highest BCUT2D eigenvalue weighted by Crippen LogP contribution is 2.28. The molecule has 0 unspecified atom stereocenters. The van der Waals surface area contributed by atoms with Gasteiger partial charge >= 0.3 is 0 Å². The van der Waals surface area contributed by atoms with E-state index in [0.29, 0.717) is 22.6 Å². The van der Waals surface area contributed by atoms with Gasteiger partial charge in [0.25, 0.3) is 5.56 Å². The molecule has 0 fully saturated rings. The number of nitrogens with zero attached hydrogens (tertiary/aromatic N) is 5. The van der Waals surface area contributed by atoms with Crippen LogP contribution in [-0.2, 0) is 6.42 Å². The predicted molar refractivity (Wildman–Crippen MR) is 99.1 cm³/mol. The van der Waals surface area contributed by atoms with Crippen LogP contribution in [0, 0.1) is 18.3 Å². The minimum atomic E-state index is -0.135. The topological polar surface area (TPSA) is 83.9 Å². The predicted octanol–water partition coefficient (Wildman–Crippen LogP) is 2.98. The van der Waals surface area contributed by atoms with E-state index < -0.39 is 0 Å². The van der Waals surface area contributed by atoms with Gasteiger partial charge in [-0.15, -0.1) is 11.3 Å². The average molecular weight is 359 g/mol. The first-order valence-electron chi connectivity index (χ1n) is 7.92. The van der Waals surface area contributed by atoms with Crippen LogP contribution in [0.1, 0.15) is 21.7 Å². The molecule has 6 nitrogen and oxygen atoms in total. The molecular weight excluding hydrogens is 346 g/mol. The van der Waals surface area contributed by atoms with Gasteiger partial charge in [0, 0.05) is 35.3 Å². The minimum Gasteiger partial charge on any atom is -0.269 e. The monoisotopic (exact) mass is 359 g/mol. The third kappa shape index (κ3) is 2.87. The zero-order chi connectivity index (χ0) is 18.1. The number of hydrogen-bond acceptors (Lipinski definition) is 6. The fourth-order valence-corrected chi connectivity index (χ4v) is 3.94. The van der Waals surface area contributed by atoms with E-state index in [0.717, 1.165) is 21.7 Å². The van der Waals surface area contributed by atoms with E-state index in [4.69, 9.17) is 5.26 Å². The fraction of sp³-hybridized carbons (Fsp3) is 0.105. The maximum atomic E-state index is 12.8. The molecule has 0 N–H and O–H groups in total. The maximum Gasteiger partial charge on any atom is 0.259 e. The highest BCUT2D eigenvalue weighted by molar-refractivity contribution is 7.17. The molecule has 4 aromatic rings. The van der Waals surface area contributed by atoms with Crippen molar-refractivity contribution < 1.29 is 0 Å². The smallest absolute Gasteiger partial charge is 0.259 e. The van der Waals surface area contributed by atoms with Gasteiger partial charge in [0.2, 0.25) is 0 Å². The molecule has 0 bridgehead atoms. The molecule has 0 radical (unpaired) electrons. The van der Waals surface area contributed by atoms with Gasteiger partial charge in [0.05, 0.1) is 23.0 Å². The first-order chi connectivity index (χ1) is 12.7. The van der Waals surface area contributed by atoms with Gasteiger partial charge in [0.1, 0.15) is 6.33 Å². The normalized spacial score (nSPS) is 10.8. The standard InChI is InChI=1S/C19H13N5OS/c1-12-18(15-9-21-11-22-10-15)24-17(25)7-16(23-19(24)26-12)6-13-3-2-4-14(5-13)8-20/h2-5,7,9-11H,6H2,1H3. The molecule has 0 saturated heterocycles. The summed E-state index contributed by atoms with van der Waals surface area (Å²) in [5.41, 5.74) is 3.66. The molecule has 126 valence electrons. The van der Waals surface area contributed by atoms with E-state index in [2.05, 4.69) is 21.0 Å². The van der Waals surface area contributed by atoms with E-state index >= 15 is 0 Å². The van der Waals surface area contributed by atoms with E-state index in [-0.39, 0.29) is 5.56 Å². The van der Waals surface area contributed by atoms with Gasteiger partial charge < -0.3 is 0 Å². The molecule has 0 aliphatic heterocycles. The number of aromatic nitrogens is 4. The van der Waals surface area contributed by atoms with Crippen LogP contribution in [0.2, 0.25) is 0 Å². The summed E-state index contributed by atoms with van der Waals surface area (Å²) in [6, 6.07) is 11.0. The Kier molecular flexibility index (Phi) is 4.03. The molecule has 0 aliphatic rings. The Morgan fingerprint density at radius 1 is 1.23 bits per heavy atom. The molecule has 4 rings (SSSR count). The van der Waals surface area contributed by atoms with Gasteiger partial charge in [-0.05, 0) is 24.6 Å². The number of fused-ring (bicyclic) bond motifs is 1. The highest BCUT2D eigenvalue weighted by atomic mass is 32.1. The van der Waals surface area contributed by atoms with Crippen LogP contribution >= 0.6 is 11.3 Å². The van der Waals surface area contributed by atoms with Crippen LogP contribution in [0.3, 0.4) is 0 Å². The fourth-order valence-electron chi connectivity index (χ4n) is 2.93. The van der Waals surface area contributed by atoms with Gasteiger partial charge in [0.15, 0.2) is 4.96 Å². The summed E-state index contributed by atoms with van der Waals surface area (Å²) in [4.78, 5) is 27.1. The van der Waals surface area contributed by atoms with E-state index in [9.17, 15) is 4.79 Å². The SMILES string of the molecule is Cc1sc2nc(Cc3cccc(C#N)c3)cc(=O)n2c1-c1cncnc1. The third-order valence-corrected chi connectivity index (χ3v) is 4.97. The molecule has 0 spiro atoms. The number of benzene rings is 1. The number of aryl methyl sites for hydroxylation is 1. The molecule has 0 atom stereocenters. The summed E-state index contributed by atoms with van der Waals surface area (Å²) >= 11 is 1.46. The largest absolute Gasteiger partial charge is 0.269 e. The van der Waals surface area contributed by atoms with Crippen molar-refractivity contribution in [1.82, 2.24) is 19.4 Å². The second-order valence-electron chi connectivity index (χ2n) is 5.83. The van der Waals surface area contributed by atoms with Gasteiger partial charge in [-0.1, -0.05) is 12.1 Å². The molecule has 3 aromatic heterocycles. The van der Waals surface area contributed by atoms with Crippen molar-refractivity contribution in [2.24, 2.45) is 0 Å². The quantitative estimate of drug-likeness (QED) is 0.561. The zero-order valence-corrected chi connectivity index (χ0v) is 14.7. The summed E-state index contributed by atoms with van der Waals surface area (Å²) in [7, 11) is 0. The van der Waals surface area contributed by atoms with Crippen LogP contribution < -0.4 is 5.56 Å². The molecule has 0 amide bonds. The summed E-state index contributed by atoms with van der Waals surface area (Å²) in [6.45, 7) is 1.96. The molecule has 0 saturated carbocycles. The highest BCUT2D eigenvalue weighted by Gasteiger charge is 2.15. The second-order valence-corrected chi connectivity index (χ2v) is 7.01. The summed E-state index contributed by atoms with van der Waals surface area (Å²) in [5, 5.41) is 9.03. The van der Waals surface area contributed by atoms with E-state index in [1.165, 1.54) is 17.7 Å². The van der Waals surface area contributed by atoms with Crippen molar-refractivity contribution in [3.05, 3.63) is 81.1 Å². The number of hydrogen-bond donors (Lipinski definition) is 0. The van der Waals surface area contributed by atoms with Crippen LogP contribution in [0.15, 0.2) is 53.8 Å². The van der Waals surface area contributed by atoms with Gasteiger partial charge in [-0.25, -0.2) is 15.0 Å². The summed E-state index contributed by atoms with van der Waals surface area (Å²) < 4.78 is 1.61. The van der Waals surface area contributed by atoms with Crippen molar-refractivity contribution in [2.75, 3.05) is 0 Å². The summed E-state index contributed by atoms with van der Waals surface area (Å²) in [5.74, 6) is 0. The Balaban J connectivity index is 1.81. The Morgan fingerprint density at radius 3 is 2.81 bits per heavy atom. The van der Waals surface area contributed by atoms with Crippen molar-refractivity contribution in [2.45, 2.75) is 13.3 Å². The molecule has 26 heavy (non-hydrogen) atoms. The zero-order valence-electron chi connectivity index (χ0n) is 13.9. The Morgan fingerprint density at radius 2 is 2.04 bits per heavy atom. The van der Waals surface area contributed by atoms with Crippen LogP contribution in [-0.4, -0.2) is 19.4 Å². The molecule has 3 heterocycles. The lowest BCUT2D eigenvalue weighted by Crippen LogP contribution is -2.15. The van der Waals surface area contributed by atoms with Crippen molar-refractivity contribution in [3.63, 3.8) is 0 Å². The van der Waals surface area contributed by atoms with Crippen molar-refractivity contribution in [1.29, 1.82) is 5.26 Å². The Labute approximate surface area is 153 Å². The molecule has 1 aromatic carbocycles. The van der Waals surface area contributed by atoms with Crippen molar-refractivity contribution in [3.8, 4) is 17.3 Å². The molecular formula is C19H13N5OS. The summed E-state index contributed by atoms with van der Waals surface area (Å²) in [6.07, 6.45) is 5.34. The van der Waals surface area contributed by atoms with E-state index in [1.54, 1.807) is 28.9 Å². The lowest BCUT2D eigenvalue weighted by molar-refractivity contribution is 1.00. The van der Waals surface area contributed by atoms with Gasteiger partial charge in [-0.2, -0.15) is 5.26 Å². The maximum absolute atomic E-state index is 12.8. The minimum absolute atomic E-state index is 0.135. The Hall–Kier alpha value is -3.37. The average Bonchev–Trinajstić information content (AvgIpc) is 2.99. The molecule has 0 aliphatic carbocycles. The number of nitriles is 1.